The molecule has 4 rings (SSSR count). The summed E-state index contributed by atoms with van der Waals surface area (Å²) in [5, 5.41) is 9.51. The molecular weight excluding hydrogens is 457 g/mol. The number of sulfonamides is 1. The number of rotatable bonds is 5. The molecule has 1 aliphatic heterocycles. The van der Waals surface area contributed by atoms with Crippen molar-refractivity contribution in [3.63, 3.8) is 0 Å². The summed E-state index contributed by atoms with van der Waals surface area (Å²) in [6, 6.07) is 7.91. The first-order chi connectivity index (χ1) is 15.6. The van der Waals surface area contributed by atoms with Gasteiger partial charge in [-0.3, -0.25) is 0 Å². The van der Waals surface area contributed by atoms with Crippen LogP contribution in [0.25, 0.3) is 28.2 Å². The third-order valence-corrected chi connectivity index (χ3v) is 7.31. The SMILES string of the molecule is Cc1cc(-c2c(F)cc(S(=O)(=O)N3CC[C@H](F)C3)cc2F)nc2cc(/C=C/C(=O)O)ccc12. The highest BCUT2D eigenvalue weighted by Crippen LogP contribution is 2.32. The zero-order valence-corrected chi connectivity index (χ0v) is 18.2. The molecule has 0 radical (unpaired) electrons. The molecule has 1 aliphatic rings. The Balaban J connectivity index is 1.78. The molecule has 1 atom stereocenters. The zero-order valence-electron chi connectivity index (χ0n) is 17.4. The minimum absolute atomic E-state index is 0.0339. The van der Waals surface area contributed by atoms with E-state index < -0.39 is 44.3 Å². The van der Waals surface area contributed by atoms with Gasteiger partial charge in [-0.25, -0.2) is 31.4 Å². The van der Waals surface area contributed by atoms with E-state index in [-0.39, 0.29) is 25.2 Å². The van der Waals surface area contributed by atoms with Crippen molar-refractivity contribution >= 4 is 33.0 Å². The van der Waals surface area contributed by atoms with Crippen LogP contribution in [0, 0.1) is 18.6 Å². The van der Waals surface area contributed by atoms with Gasteiger partial charge in [0.25, 0.3) is 0 Å². The van der Waals surface area contributed by atoms with Gasteiger partial charge in [-0.05, 0) is 54.8 Å². The topological polar surface area (TPSA) is 87.6 Å². The van der Waals surface area contributed by atoms with Crippen molar-refractivity contribution in [2.45, 2.75) is 24.4 Å². The fourth-order valence-electron chi connectivity index (χ4n) is 3.82. The number of aliphatic carboxylic acids is 1. The number of benzene rings is 2. The minimum atomic E-state index is -4.24. The molecule has 0 spiro atoms. The Morgan fingerprint density at radius 3 is 2.48 bits per heavy atom. The number of aromatic nitrogens is 1. The van der Waals surface area contributed by atoms with Crippen molar-refractivity contribution in [1.29, 1.82) is 0 Å². The van der Waals surface area contributed by atoms with E-state index in [0.29, 0.717) is 34.2 Å². The maximum absolute atomic E-state index is 15.0. The van der Waals surface area contributed by atoms with Crippen molar-refractivity contribution in [2.24, 2.45) is 0 Å². The van der Waals surface area contributed by atoms with Crippen molar-refractivity contribution in [1.82, 2.24) is 9.29 Å². The number of hydrogen-bond donors (Lipinski definition) is 1. The largest absolute Gasteiger partial charge is 0.478 e. The molecular formula is C23H19F3N2O4S. The molecule has 0 saturated carbocycles. The second kappa shape index (κ2) is 8.60. The van der Waals surface area contributed by atoms with Crippen LogP contribution in [0.15, 0.2) is 47.4 Å². The molecule has 1 N–H and O–H groups in total. The Labute approximate surface area is 188 Å². The number of fused-ring (bicyclic) bond motifs is 1. The standard InChI is InChI=1S/C23H19F3N2O4S/c1-13-8-21(27-20-9-14(2-4-17(13)20)3-5-22(29)30)23-18(25)10-16(11-19(23)26)33(31,32)28-7-6-15(24)12-28/h2-5,8-11,15H,6-7,12H2,1H3,(H,29,30)/b5-3+/t15-/m0/s1. The first-order valence-corrected chi connectivity index (χ1v) is 11.5. The highest BCUT2D eigenvalue weighted by atomic mass is 32.2. The van der Waals surface area contributed by atoms with E-state index in [1.807, 2.05) is 0 Å². The summed E-state index contributed by atoms with van der Waals surface area (Å²) >= 11 is 0. The van der Waals surface area contributed by atoms with Crippen molar-refractivity contribution in [2.75, 3.05) is 13.1 Å². The third kappa shape index (κ3) is 4.49. The molecule has 0 aliphatic carbocycles. The Bertz CT molecular complexity index is 1380. The molecule has 2 heterocycles. The molecule has 6 nitrogen and oxygen atoms in total. The smallest absolute Gasteiger partial charge is 0.328 e. The van der Waals surface area contributed by atoms with Gasteiger partial charge in [-0.2, -0.15) is 4.31 Å². The number of carbonyl (C=O) groups is 1. The summed E-state index contributed by atoms with van der Waals surface area (Å²) in [6.07, 6.45) is 1.05. The number of carboxylic acids is 1. The van der Waals surface area contributed by atoms with Crippen LogP contribution in [0.5, 0.6) is 0 Å². The van der Waals surface area contributed by atoms with Crippen LogP contribution < -0.4 is 0 Å². The van der Waals surface area contributed by atoms with Gasteiger partial charge in [0.2, 0.25) is 10.0 Å². The predicted molar refractivity (Wildman–Crippen MR) is 117 cm³/mol. The van der Waals surface area contributed by atoms with Gasteiger partial charge >= 0.3 is 5.97 Å². The first kappa shape index (κ1) is 22.9. The lowest BCUT2D eigenvalue weighted by molar-refractivity contribution is -0.131. The number of halogens is 3. The van der Waals surface area contributed by atoms with Crippen LogP contribution >= 0.6 is 0 Å². The van der Waals surface area contributed by atoms with Gasteiger partial charge in [-0.15, -0.1) is 0 Å². The third-order valence-electron chi connectivity index (χ3n) is 5.46. The highest BCUT2D eigenvalue weighted by molar-refractivity contribution is 7.89. The van der Waals surface area contributed by atoms with Gasteiger partial charge in [-0.1, -0.05) is 12.1 Å². The van der Waals surface area contributed by atoms with E-state index >= 15 is 0 Å². The zero-order chi connectivity index (χ0) is 23.9. The lowest BCUT2D eigenvalue weighted by Crippen LogP contribution is -2.29. The first-order valence-electron chi connectivity index (χ1n) is 10.0. The van der Waals surface area contributed by atoms with Gasteiger partial charge in [0.05, 0.1) is 21.7 Å². The Kier molecular flexibility index (Phi) is 5.98. The number of aryl methyl sites for hydroxylation is 1. The normalized spacial score (nSPS) is 17.3. The van der Waals surface area contributed by atoms with Gasteiger partial charge in [0.15, 0.2) is 0 Å². The number of carboxylic acid groups (broad SMARTS) is 1. The average molecular weight is 476 g/mol. The highest BCUT2D eigenvalue weighted by Gasteiger charge is 2.33. The summed E-state index contributed by atoms with van der Waals surface area (Å²) in [4.78, 5) is 14.5. The van der Waals surface area contributed by atoms with Gasteiger partial charge in [0.1, 0.15) is 17.8 Å². The second-order valence-electron chi connectivity index (χ2n) is 7.78. The molecule has 0 unspecified atom stereocenters. The summed E-state index contributed by atoms with van der Waals surface area (Å²) in [7, 11) is -4.24. The Morgan fingerprint density at radius 1 is 1.18 bits per heavy atom. The van der Waals surface area contributed by atoms with E-state index in [1.165, 1.54) is 12.1 Å². The monoisotopic (exact) mass is 476 g/mol. The van der Waals surface area contributed by atoms with E-state index in [0.717, 1.165) is 10.4 Å². The number of nitrogens with zero attached hydrogens (tertiary/aromatic N) is 2. The van der Waals surface area contributed by atoms with Gasteiger partial charge in [0, 0.05) is 24.6 Å². The summed E-state index contributed by atoms with van der Waals surface area (Å²) in [5.41, 5.74) is 1.07. The molecule has 1 saturated heterocycles. The van der Waals surface area contributed by atoms with E-state index in [9.17, 15) is 26.4 Å². The van der Waals surface area contributed by atoms with Crippen LogP contribution in [0.3, 0.4) is 0 Å². The molecule has 2 aromatic carbocycles. The summed E-state index contributed by atoms with van der Waals surface area (Å²) in [5.74, 6) is -3.35. The fraction of sp³-hybridized carbons (Fsp3) is 0.217. The van der Waals surface area contributed by atoms with Crippen LogP contribution in [-0.4, -0.2) is 48.0 Å². The lowest BCUT2D eigenvalue weighted by atomic mass is 10.0. The molecule has 172 valence electrons. The van der Waals surface area contributed by atoms with Crippen molar-refractivity contribution in [3.8, 4) is 11.3 Å². The average Bonchev–Trinajstić information content (AvgIpc) is 3.18. The molecule has 0 amide bonds. The Morgan fingerprint density at radius 2 is 1.88 bits per heavy atom. The maximum Gasteiger partial charge on any atom is 0.328 e. The molecule has 10 heteroatoms. The summed E-state index contributed by atoms with van der Waals surface area (Å²) < 4.78 is 69.7. The van der Waals surface area contributed by atoms with Crippen LogP contribution in [0.2, 0.25) is 0 Å². The summed E-state index contributed by atoms with van der Waals surface area (Å²) in [6.45, 7) is 1.33. The Hall–Kier alpha value is -3.24. The maximum atomic E-state index is 15.0. The van der Waals surface area contributed by atoms with Gasteiger partial charge < -0.3 is 5.11 Å². The fourth-order valence-corrected chi connectivity index (χ4v) is 5.32. The second-order valence-corrected chi connectivity index (χ2v) is 9.72. The minimum Gasteiger partial charge on any atom is -0.478 e. The predicted octanol–water partition coefficient (Wildman–Crippen LogP) is 4.32. The van der Waals surface area contributed by atoms with Crippen molar-refractivity contribution in [3.05, 3.63) is 65.2 Å². The van der Waals surface area contributed by atoms with Crippen LogP contribution in [-0.2, 0) is 14.8 Å². The number of alkyl halides is 1. The number of hydrogen-bond acceptors (Lipinski definition) is 4. The lowest BCUT2D eigenvalue weighted by Gasteiger charge is -2.16. The molecule has 1 fully saturated rings. The van der Waals surface area contributed by atoms with E-state index in [1.54, 1.807) is 25.1 Å². The quantitative estimate of drug-likeness (QED) is 0.555. The molecule has 33 heavy (non-hydrogen) atoms. The van der Waals surface area contributed by atoms with E-state index in [4.69, 9.17) is 5.11 Å². The van der Waals surface area contributed by atoms with E-state index in [2.05, 4.69) is 4.98 Å². The van der Waals surface area contributed by atoms with Crippen LogP contribution in [0.4, 0.5) is 13.2 Å². The molecule has 0 bridgehead atoms. The van der Waals surface area contributed by atoms with Crippen molar-refractivity contribution < 1.29 is 31.5 Å². The van der Waals surface area contributed by atoms with Crippen LogP contribution in [0.1, 0.15) is 17.5 Å². The molecule has 1 aromatic heterocycles. The molecule has 3 aromatic rings. The number of pyridine rings is 1.